The molecule has 0 spiro atoms. The molecule has 4 heteroatoms. The SMILES string of the molecule is Cc1cnc(CN2CC(C)OC(C)(C)C2)c(C)c1N. The Hall–Kier alpha value is -1.13. The van der Waals surface area contributed by atoms with Gasteiger partial charge in [0.25, 0.3) is 0 Å². The molecule has 0 aromatic carbocycles. The highest BCUT2D eigenvalue weighted by atomic mass is 16.5. The van der Waals surface area contributed by atoms with E-state index < -0.39 is 0 Å². The molecule has 1 aliphatic heterocycles. The van der Waals surface area contributed by atoms with Crippen molar-refractivity contribution in [1.82, 2.24) is 9.88 Å². The van der Waals surface area contributed by atoms with Crippen LogP contribution in [-0.4, -0.2) is 34.7 Å². The van der Waals surface area contributed by atoms with Crippen LogP contribution in [0.5, 0.6) is 0 Å². The second kappa shape index (κ2) is 5.10. The van der Waals surface area contributed by atoms with E-state index in [9.17, 15) is 0 Å². The van der Waals surface area contributed by atoms with Crippen LogP contribution < -0.4 is 5.73 Å². The Bertz CT molecular complexity index is 471. The summed E-state index contributed by atoms with van der Waals surface area (Å²) in [6.07, 6.45) is 2.12. The van der Waals surface area contributed by atoms with Crippen LogP contribution in [0, 0.1) is 13.8 Å². The predicted molar refractivity (Wildman–Crippen MR) is 78.0 cm³/mol. The molecule has 1 aromatic rings. The Morgan fingerprint density at radius 2 is 2.16 bits per heavy atom. The van der Waals surface area contributed by atoms with Crippen LogP contribution in [-0.2, 0) is 11.3 Å². The van der Waals surface area contributed by atoms with Crippen LogP contribution in [0.1, 0.15) is 37.6 Å². The molecular formula is C15H25N3O. The van der Waals surface area contributed by atoms with E-state index in [1.54, 1.807) is 0 Å². The van der Waals surface area contributed by atoms with E-state index >= 15 is 0 Å². The summed E-state index contributed by atoms with van der Waals surface area (Å²) in [5.41, 5.74) is 10.1. The highest BCUT2D eigenvalue weighted by Crippen LogP contribution is 2.24. The second-order valence-corrected chi connectivity index (χ2v) is 6.28. The van der Waals surface area contributed by atoms with Crippen LogP contribution >= 0.6 is 0 Å². The number of ether oxygens (including phenoxy) is 1. The Labute approximate surface area is 116 Å². The molecule has 106 valence electrons. The molecule has 2 heterocycles. The first kappa shape index (κ1) is 14.3. The van der Waals surface area contributed by atoms with Gasteiger partial charge in [0.15, 0.2) is 0 Å². The lowest BCUT2D eigenvalue weighted by molar-refractivity contribution is -0.131. The van der Waals surface area contributed by atoms with Crippen LogP contribution in [0.15, 0.2) is 6.20 Å². The van der Waals surface area contributed by atoms with Gasteiger partial charge in [0, 0.05) is 31.5 Å². The number of pyridine rings is 1. The maximum atomic E-state index is 6.09. The van der Waals surface area contributed by atoms with E-state index in [4.69, 9.17) is 10.5 Å². The summed E-state index contributed by atoms with van der Waals surface area (Å²) in [7, 11) is 0. The Morgan fingerprint density at radius 1 is 1.47 bits per heavy atom. The molecule has 1 unspecified atom stereocenters. The number of rotatable bonds is 2. The normalized spacial score (nSPS) is 23.5. The molecule has 1 aromatic heterocycles. The fraction of sp³-hybridized carbons (Fsp3) is 0.667. The summed E-state index contributed by atoms with van der Waals surface area (Å²) in [5, 5.41) is 0. The van der Waals surface area contributed by atoms with Crippen molar-refractivity contribution >= 4 is 5.69 Å². The first-order chi connectivity index (χ1) is 8.78. The molecule has 4 nitrogen and oxygen atoms in total. The van der Waals surface area contributed by atoms with Gasteiger partial charge in [-0.25, -0.2) is 0 Å². The van der Waals surface area contributed by atoms with Crippen LogP contribution in [0.25, 0.3) is 0 Å². The first-order valence-corrected chi connectivity index (χ1v) is 6.89. The summed E-state index contributed by atoms with van der Waals surface area (Å²) in [4.78, 5) is 6.94. The van der Waals surface area contributed by atoms with Gasteiger partial charge in [-0.1, -0.05) is 0 Å². The number of hydrogen-bond donors (Lipinski definition) is 1. The molecular weight excluding hydrogens is 238 g/mol. The van der Waals surface area contributed by atoms with Crippen molar-refractivity contribution in [2.24, 2.45) is 0 Å². The van der Waals surface area contributed by atoms with Gasteiger partial charge in [-0.05, 0) is 45.7 Å². The molecule has 0 aliphatic carbocycles. The number of anilines is 1. The van der Waals surface area contributed by atoms with Gasteiger partial charge < -0.3 is 10.5 Å². The van der Waals surface area contributed by atoms with E-state index in [2.05, 4.69) is 37.6 Å². The Kier molecular flexibility index (Phi) is 3.83. The van der Waals surface area contributed by atoms with Crippen molar-refractivity contribution in [2.45, 2.75) is 52.9 Å². The number of morpholine rings is 1. The van der Waals surface area contributed by atoms with E-state index in [1.807, 2.05) is 13.1 Å². The molecule has 0 bridgehead atoms. The lowest BCUT2D eigenvalue weighted by Gasteiger charge is -2.41. The highest BCUT2D eigenvalue weighted by molar-refractivity contribution is 5.53. The molecule has 1 fully saturated rings. The van der Waals surface area contributed by atoms with Crippen molar-refractivity contribution in [1.29, 1.82) is 0 Å². The Morgan fingerprint density at radius 3 is 2.79 bits per heavy atom. The minimum Gasteiger partial charge on any atom is -0.398 e. The largest absolute Gasteiger partial charge is 0.398 e. The fourth-order valence-electron chi connectivity index (χ4n) is 2.87. The molecule has 1 saturated heterocycles. The maximum Gasteiger partial charge on any atom is 0.0757 e. The van der Waals surface area contributed by atoms with Gasteiger partial charge >= 0.3 is 0 Å². The average molecular weight is 263 g/mol. The molecule has 2 rings (SSSR count). The zero-order chi connectivity index (χ0) is 14.2. The van der Waals surface area contributed by atoms with Gasteiger partial charge in [0.2, 0.25) is 0 Å². The maximum absolute atomic E-state index is 6.09. The Balaban J connectivity index is 2.15. The third-order valence-corrected chi connectivity index (χ3v) is 3.69. The van der Waals surface area contributed by atoms with Crippen molar-refractivity contribution < 1.29 is 4.74 Å². The molecule has 19 heavy (non-hydrogen) atoms. The number of aromatic nitrogens is 1. The fourth-order valence-corrected chi connectivity index (χ4v) is 2.87. The summed E-state index contributed by atoms with van der Waals surface area (Å²) in [6.45, 7) is 13.2. The lowest BCUT2D eigenvalue weighted by Crippen LogP contribution is -2.51. The van der Waals surface area contributed by atoms with Gasteiger partial charge in [-0.3, -0.25) is 9.88 Å². The number of hydrogen-bond acceptors (Lipinski definition) is 4. The summed E-state index contributed by atoms with van der Waals surface area (Å²) in [6, 6.07) is 0. The molecule has 0 amide bonds. The average Bonchev–Trinajstić information content (AvgIpc) is 2.27. The molecule has 1 aliphatic rings. The molecule has 0 saturated carbocycles. The van der Waals surface area contributed by atoms with Gasteiger partial charge in [-0.2, -0.15) is 0 Å². The van der Waals surface area contributed by atoms with E-state index in [0.29, 0.717) is 0 Å². The van der Waals surface area contributed by atoms with Crippen LogP contribution in [0.4, 0.5) is 5.69 Å². The molecule has 2 N–H and O–H groups in total. The zero-order valence-corrected chi connectivity index (χ0v) is 12.7. The van der Waals surface area contributed by atoms with Gasteiger partial charge in [-0.15, -0.1) is 0 Å². The van der Waals surface area contributed by atoms with Gasteiger partial charge in [0.05, 0.1) is 17.4 Å². The topological polar surface area (TPSA) is 51.4 Å². The third-order valence-electron chi connectivity index (χ3n) is 3.69. The van der Waals surface area contributed by atoms with E-state index in [-0.39, 0.29) is 11.7 Å². The second-order valence-electron chi connectivity index (χ2n) is 6.28. The quantitative estimate of drug-likeness (QED) is 0.889. The smallest absolute Gasteiger partial charge is 0.0757 e. The van der Waals surface area contributed by atoms with Crippen molar-refractivity contribution in [3.63, 3.8) is 0 Å². The van der Waals surface area contributed by atoms with Crippen LogP contribution in [0.2, 0.25) is 0 Å². The summed E-state index contributed by atoms with van der Waals surface area (Å²) >= 11 is 0. The lowest BCUT2D eigenvalue weighted by atomic mass is 10.0. The first-order valence-electron chi connectivity index (χ1n) is 6.89. The summed E-state index contributed by atoms with van der Waals surface area (Å²) in [5.74, 6) is 0. The minimum atomic E-state index is -0.0954. The zero-order valence-electron chi connectivity index (χ0n) is 12.7. The van der Waals surface area contributed by atoms with Gasteiger partial charge in [0.1, 0.15) is 0 Å². The van der Waals surface area contributed by atoms with Crippen molar-refractivity contribution in [3.8, 4) is 0 Å². The minimum absolute atomic E-state index is 0.0954. The number of nitrogen functional groups attached to an aromatic ring is 1. The molecule has 1 atom stereocenters. The number of nitrogens with zero attached hydrogens (tertiary/aromatic N) is 2. The molecule has 0 radical (unpaired) electrons. The van der Waals surface area contributed by atoms with Crippen molar-refractivity contribution in [2.75, 3.05) is 18.8 Å². The monoisotopic (exact) mass is 263 g/mol. The number of aryl methyl sites for hydroxylation is 1. The predicted octanol–water partition coefficient (Wildman–Crippen LogP) is 2.28. The third kappa shape index (κ3) is 3.25. The highest BCUT2D eigenvalue weighted by Gasteiger charge is 2.31. The van der Waals surface area contributed by atoms with E-state index in [0.717, 1.165) is 42.1 Å². The number of nitrogens with two attached hydrogens (primary N) is 1. The van der Waals surface area contributed by atoms with E-state index in [1.165, 1.54) is 0 Å². The standard InChI is InChI=1S/C15H25N3O/c1-10-6-17-13(12(3)14(10)16)8-18-7-11(2)19-15(4,5)9-18/h6,11H,7-9H2,1-5H3,(H2,16,17). The summed E-state index contributed by atoms with van der Waals surface area (Å²) < 4.78 is 5.93. The van der Waals surface area contributed by atoms with Crippen LogP contribution in [0.3, 0.4) is 0 Å². The van der Waals surface area contributed by atoms with Crippen molar-refractivity contribution in [3.05, 3.63) is 23.0 Å².